The molecule has 0 saturated heterocycles. The third kappa shape index (κ3) is 5.76. The number of nitrogens with one attached hydrogen (secondary N) is 1. The summed E-state index contributed by atoms with van der Waals surface area (Å²) in [5.41, 5.74) is 8.24. The Morgan fingerprint density at radius 1 is 1.04 bits per heavy atom. The SMILES string of the molecule is Cn1c(=O)[nH]c2ccc(CCCOCCOCCOCCN)cc21. The van der Waals surface area contributed by atoms with Crippen LogP contribution in [0.4, 0.5) is 0 Å². The highest BCUT2D eigenvalue weighted by molar-refractivity contribution is 5.75. The van der Waals surface area contributed by atoms with Crippen molar-refractivity contribution in [1.82, 2.24) is 9.55 Å². The molecule has 7 nitrogen and oxygen atoms in total. The molecule has 0 aliphatic heterocycles. The zero-order valence-electron chi connectivity index (χ0n) is 14.3. The van der Waals surface area contributed by atoms with E-state index in [0.29, 0.717) is 46.2 Å². The van der Waals surface area contributed by atoms with E-state index in [1.165, 1.54) is 5.56 Å². The second-order valence-corrected chi connectivity index (χ2v) is 5.57. The van der Waals surface area contributed by atoms with E-state index in [0.717, 1.165) is 23.9 Å². The summed E-state index contributed by atoms with van der Waals surface area (Å²) in [6.45, 7) is 4.10. The van der Waals surface area contributed by atoms with E-state index < -0.39 is 0 Å². The number of imidazole rings is 1. The van der Waals surface area contributed by atoms with Gasteiger partial charge in [0, 0.05) is 20.2 Å². The number of nitrogens with two attached hydrogens (primary N) is 1. The van der Waals surface area contributed by atoms with Crippen molar-refractivity contribution in [2.75, 3.05) is 46.2 Å². The van der Waals surface area contributed by atoms with E-state index >= 15 is 0 Å². The van der Waals surface area contributed by atoms with Crippen molar-refractivity contribution in [3.63, 3.8) is 0 Å². The fraction of sp³-hybridized carbons (Fsp3) is 0.588. The lowest BCUT2D eigenvalue weighted by atomic mass is 10.1. The van der Waals surface area contributed by atoms with Crippen LogP contribution in [0.5, 0.6) is 0 Å². The summed E-state index contributed by atoms with van der Waals surface area (Å²) in [6, 6.07) is 6.05. The van der Waals surface area contributed by atoms with Gasteiger partial charge in [0.1, 0.15) is 0 Å². The average molecular weight is 337 g/mol. The Hall–Kier alpha value is -1.67. The number of aryl methyl sites for hydroxylation is 2. The highest BCUT2D eigenvalue weighted by atomic mass is 16.5. The number of aromatic amines is 1. The fourth-order valence-electron chi connectivity index (χ4n) is 2.43. The van der Waals surface area contributed by atoms with Crippen molar-refractivity contribution >= 4 is 11.0 Å². The standard InChI is InChI=1S/C17H27N3O4/c1-20-16-13-14(4-5-15(16)19-17(20)21)3-2-7-22-9-11-24-12-10-23-8-6-18/h4-5,13H,2-3,6-12,18H2,1H3,(H,19,21). The number of ether oxygens (including phenoxy) is 3. The van der Waals surface area contributed by atoms with E-state index in [2.05, 4.69) is 11.1 Å². The first kappa shape index (κ1) is 18.7. The van der Waals surface area contributed by atoms with Crippen molar-refractivity contribution in [2.45, 2.75) is 12.8 Å². The molecule has 0 aliphatic rings. The topological polar surface area (TPSA) is 91.5 Å². The number of nitrogens with zero attached hydrogens (tertiary/aromatic N) is 1. The molecule has 1 aromatic carbocycles. The van der Waals surface area contributed by atoms with Crippen LogP contribution in [0.2, 0.25) is 0 Å². The number of fused-ring (bicyclic) bond motifs is 1. The van der Waals surface area contributed by atoms with E-state index in [1.807, 2.05) is 12.1 Å². The molecule has 0 amide bonds. The largest absolute Gasteiger partial charge is 0.379 e. The Morgan fingerprint density at radius 2 is 1.71 bits per heavy atom. The maximum absolute atomic E-state index is 11.6. The van der Waals surface area contributed by atoms with E-state index in [4.69, 9.17) is 19.9 Å². The summed E-state index contributed by atoms with van der Waals surface area (Å²) >= 11 is 0. The number of benzene rings is 1. The molecular weight excluding hydrogens is 310 g/mol. The van der Waals surface area contributed by atoms with Gasteiger partial charge in [-0.05, 0) is 30.5 Å². The van der Waals surface area contributed by atoms with Crippen molar-refractivity contribution < 1.29 is 14.2 Å². The molecule has 1 aromatic heterocycles. The highest BCUT2D eigenvalue weighted by Crippen LogP contribution is 2.13. The van der Waals surface area contributed by atoms with Gasteiger partial charge in [-0.2, -0.15) is 0 Å². The van der Waals surface area contributed by atoms with Gasteiger partial charge in [-0.25, -0.2) is 4.79 Å². The molecule has 0 atom stereocenters. The maximum Gasteiger partial charge on any atom is 0.326 e. The minimum atomic E-state index is -0.0843. The normalized spacial score (nSPS) is 11.4. The van der Waals surface area contributed by atoms with Gasteiger partial charge in [-0.15, -0.1) is 0 Å². The Kier molecular flexibility index (Phi) is 7.97. The summed E-state index contributed by atoms with van der Waals surface area (Å²) in [5.74, 6) is 0. The van der Waals surface area contributed by atoms with E-state index in [9.17, 15) is 4.79 Å². The summed E-state index contributed by atoms with van der Waals surface area (Å²) in [5, 5.41) is 0. The number of rotatable bonds is 12. The summed E-state index contributed by atoms with van der Waals surface area (Å²) in [6.07, 6.45) is 1.85. The van der Waals surface area contributed by atoms with Crippen LogP contribution >= 0.6 is 0 Å². The summed E-state index contributed by atoms with van der Waals surface area (Å²) < 4.78 is 17.8. The Labute approximate surface area is 141 Å². The zero-order chi connectivity index (χ0) is 17.2. The molecule has 0 fully saturated rings. The van der Waals surface area contributed by atoms with Crippen LogP contribution in [0, 0.1) is 0 Å². The van der Waals surface area contributed by atoms with E-state index in [-0.39, 0.29) is 5.69 Å². The molecule has 0 saturated carbocycles. The van der Waals surface area contributed by atoms with E-state index in [1.54, 1.807) is 11.6 Å². The smallest absolute Gasteiger partial charge is 0.326 e. The van der Waals surface area contributed by atoms with Gasteiger partial charge in [-0.1, -0.05) is 6.07 Å². The third-order valence-corrected chi connectivity index (χ3v) is 3.73. The van der Waals surface area contributed by atoms with Crippen LogP contribution in [-0.2, 0) is 27.7 Å². The molecule has 0 radical (unpaired) electrons. The van der Waals surface area contributed by atoms with Crippen LogP contribution in [0.15, 0.2) is 23.0 Å². The molecule has 134 valence electrons. The van der Waals surface area contributed by atoms with Crippen LogP contribution in [0.3, 0.4) is 0 Å². The predicted molar refractivity (Wildman–Crippen MR) is 93.4 cm³/mol. The Bertz CT molecular complexity index is 665. The second-order valence-electron chi connectivity index (χ2n) is 5.57. The number of hydrogen-bond donors (Lipinski definition) is 2. The van der Waals surface area contributed by atoms with Crippen LogP contribution in [0.25, 0.3) is 11.0 Å². The second kappa shape index (κ2) is 10.2. The molecular formula is C17H27N3O4. The Balaban J connectivity index is 1.56. The van der Waals surface area contributed by atoms with Gasteiger partial charge in [-0.3, -0.25) is 4.57 Å². The first-order chi connectivity index (χ1) is 11.7. The lowest BCUT2D eigenvalue weighted by Crippen LogP contribution is -2.13. The van der Waals surface area contributed by atoms with Crippen molar-refractivity contribution in [1.29, 1.82) is 0 Å². The van der Waals surface area contributed by atoms with Crippen LogP contribution < -0.4 is 11.4 Å². The van der Waals surface area contributed by atoms with Crippen LogP contribution in [0.1, 0.15) is 12.0 Å². The summed E-state index contributed by atoms with van der Waals surface area (Å²) in [4.78, 5) is 14.4. The monoisotopic (exact) mass is 337 g/mol. The van der Waals surface area contributed by atoms with Gasteiger partial charge < -0.3 is 24.9 Å². The van der Waals surface area contributed by atoms with Gasteiger partial charge in [0.05, 0.1) is 44.1 Å². The van der Waals surface area contributed by atoms with Gasteiger partial charge >= 0.3 is 5.69 Å². The highest BCUT2D eigenvalue weighted by Gasteiger charge is 2.04. The van der Waals surface area contributed by atoms with Gasteiger partial charge in [0.25, 0.3) is 0 Å². The number of hydrogen-bond acceptors (Lipinski definition) is 5. The third-order valence-electron chi connectivity index (χ3n) is 3.73. The van der Waals surface area contributed by atoms with Crippen molar-refractivity contribution in [3.8, 4) is 0 Å². The minimum absolute atomic E-state index is 0.0843. The molecule has 0 aliphatic carbocycles. The molecule has 0 bridgehead atoms. The quantitative estimate of drug-likeness (QED) is 0.559. The molecule has 1 heterocycles. The summed E-state index contributed by atoms with van der Waals surface area (Å²) in [7, 11) is 1.77. The van der Waals surface area contributed by atoms with Crippen molar-refractivity contribution in [3.05, 3.63) is 34.2 Å². The molecule has 2 rings (SSSR count). The average Bonchev–Trinajstić information content (AvgIpc) is 2.87. The lowest BCUT2D eigenvalue weighted by molar-refractivity contribution is 0.0156. The number of H-pyrrole nitrogens is 1. The fourth-order valence-corrected chi connectivity index (χ4v) is 2.43. The van der Waals surface area contributed by atoms with Crippen molar-refractivity contribution in [2.24, 2.45) is 12.8 Å². The molecule has 0 spiro atoms. The lowest BCUT2D eigenvalue weighted by Gasteiger charge is -2.07. The first-order valence-corrected chi connectivity index (χ1v) is 8.33. The number of aromatic nitrogens is 2. The first-order valence-electron chi connectivity index (χ1n) is 8.33. The molecule has 24 heavy (non-hydrogen) atoms. The molecule has 3 N–H and O–H groups in total. The van der Waals surface area contributed by atoms with Gasteiger partial charge in [0.2, 0.25) is 0 Å². The van der Waals surface area contributed by atoms with Crippen LogP contribution in [-0.4, -0.2) is 55.7 Å². The molecule has 7 heteroatoms. The van der Waals surface area contributed by atoms with Gasteiger partial charge in [0.15, 0.2) is 0 Å². The predicted octanol–water partition coefficient (Wildman–Crippen LogP) is 0.808. The zero-order valence-corrected chi connectivity index (χ0v) is 14.3. The molecule has 0 unspecified atom stereocenters. The molecule has 2 aromatic rings. The maximum atomic E-state index is 11.6. The minimum Gasteiger partial charge on any atom is -0.379 e. The Morgan fingerprint density at radius 3 is 2.42 bits per heavy atom.